The molecule has 0 amide bonds. The van der Waals surface area contributed by atoms with Gasteiger partial charge in [0.25, 0.3) is 0 Å². The normalized spacial score (nSPS) is 16.1. The topological polar surface area (TPSA) is 71.1 Å². The lowest BCUT2D eigenvalue weighted by Gasteiger charge is -2.17. The molecule has 1 fully saturated rings. The summed E-state index contributed by atoms with van der Waals surface area (Å²) in [5.41, 5.74) is 1.86. The zero-order chi connectivity index (χ0) is 21.8. The van der Waals surface area contributed by atoms with Crippen molar-refractivity contribution in [2.45, 2.75) is 32.1 Å². The summed E-state index contributed by atoms with van der Waals surface area (Å²) >= 11 is 0. The van der Waals surface area contributed by atoms with E-state index in [2.05, 4.69) is 0 Å². The number of methoxy groups -OCH3 is 2. The molecule has 0 saturated heterocycles. The first-order chi connectivity index (χ1) is 15.1. The number of fused-ring (bicyclic) bond motifs is 1. The zero-order valence-electron chi connectivity index (χ0n) is 17.8. The average Bonchev–Trinajstić information content (AvgIpc) is 3.49. The molecule has 2 aliphatic rings. The van der Waals surface area contributed by atoms with Crippen LogP contribution in [-0.4, -0.2) is 32.8 Å². The van der Waals surface area contributed by atoms with E-state index >= 15 is 0 Å². The van der Waals surface area contributed by atoms with Gasteiger partial charge in [-0.3, -0.25) is 4.79 Å². The molecule has 1 saturated carbocycles. The maximum atomic E-state index is 13.6. The molecular formula is C25H26O6. The standard InChI is InChI=1S/C25H26O6/c1-28-19-10-7-17(8-11-19)24(26)20(13-16-5-3-4-6-16)23(25(27)29-2)18-9-12-21-22(14-18)31-15-30-21/h7-12,14,16H,3-6,13,15H2,1-2H3/b23-20-. The van der Waals surface area contributed by atoms with E-state index in [4.69, 9.17) is 18.9 Å². The Morgan fingerprint density at radius 1 is 0.935 bits per heavy atom. The second kappa shape index (κ2) is 9.25. The molecule has 1 heterocycles. The van der Waals surface area contributed by atoms with Gasteiger partial charge >= 0.3 is 5.97 Å². The number of benzene rings is 2. The minimum atomic E-state index is -0.534. The minimum absolute atomic E-state index is 0.135. The van der Waals surface area contributed by atoms with Crippen LogP contribution in [0.4, 0.5) is 0 Å². The van der Waals surface area contributed by atoms with E-state index in [1.54, 1.807) is 49.6 Å². The summed E-state index contributed by atoms with van der Waals surface area (Å²) in [5.74, 6) is 1.50. The smallest absolute Gasteiger partial charge is 0.338 e. The van der Waals surface area contributed by atoms with Crippen LogP contribution >= 0.6 is 0 Å². The van der Waals surface area contributed by atoms with Crippen LogP contribution in [0.3, 0.4) is 0 Å². The number of carbonyl (C=O) groups is 2. The first-order valence-electron chi connectivity index (χ1n) is 10.5. The van der Waals surface area contributed by atoms with E-state index in [-0.39, 0.29) is 18.1 Å². The molecule has 0 aromatic heterocycles. The summed E-state index contributed by atoms with van der Waals surface area (Å²) in [4.78, 5) is 26.6. The molecule has 1 aliphatic carbocycles. The predicted molar refractivity (Wildman–Crippen MR) is 115 cm³/mol. The van der Waals surface area contributed by atoms with Gasteiger partial charge in [0.1, 0.15) is 5.75 Å². The van der Waals surface area contributed by atoms with Gasteiger partial charge < -0.3 is 18.9 Å². The SMILES string of the molecule is COC(=O)/C(=C(/CC1CCCC1)C(=O)c1ccc(OC)cc1)c1ccc2c(c1)OCO2. The van der Waals surface area contributed by atoms with Crippen molar-refractivity contribution in [2.24, 2.45) is 5.92 Å². The molecule has 0 atom stereocenters. The Morgan fingerprint density at radius 3 is 2.29 bits per heavy atom. The maximum absolute atomic E-state index is 13.6. The molecule has 1 aliphatic heterocycles. The number of Topliss-reactive ketones (excluding diaryl/α,β-unsaturated/α-hetero) is 1. The molecule has 2 aromatic carbocycles. The van der Waals surface area contributed by atoms with E-state index in [9.17, 15) is 9.59 Å². The molecule has 4 rings (SSSR count). The molecule has 0 spiro atoms. The second-order valence-corrected chi connectivity index (χ2v) is 7.83. The molecule has 0 unspecified atom stereocenters. The van der Waals surface area contributed by atoms with Crippen LogP contribution in [0.15, 0.2) is 48.0 Å². The molecule has 31 heavy (non-hydrogen) atoms. The van der Waals surface area contributed by atoms with Gasteiger partial charge in [0.2, 0.25) is 6.79 Å². The molecule has 6 nitrogen and oxygen atoms in total. The van der Waals surface area contributed by atoms with Crippen molar-refractivity contribution in [2.75, 3.05) is 21.0 Å². The predicted octanol–water partition coefficient (Wildman–Crippen LogP) is 4.81. The monoisotopic (exact) mass is 422 g/mol. The van der Waals surface area contributed by atoms with Gasteiger partial charge in [-0.1, -0.05) is 31.7 Å². The van der Waals surface area contributed by atoms with E-state index in [0.29, 0.717) is 46.3 Å². The third kappa shape index (κ3) is 4.43. The quantitative estimate of drug-likeness (QED) is 0.362. The molecule has 162 valence electrons. The number of hydrogen-bond acceptors (Lipinski definition) is 6. The number of esters is 1. The number of carbonyl (C=O) groups excluding carboxylic acids is 2. The maximum Gasteiger partial charge on any atom is 0.338 e. The number of allylic oxidation sites excluding steroid dienone is 1. The van der Waals surface area contributed by atoms with Crippen LogP contribution in [0.25, 0.3) is 5.57 Å². The lowest BCUT2D eigenvalue weighted by molar-refractivity contribution is -0.133. The van der Waals surface area contributed by atoms with Crippen molar-refractivity contribution in [3.05, 3.63) is 59.2 Å². The molecule has 0 radical (unpaired) electrons. The van der Waals surface area contributed by atoms with Crippen LogP contribution in [0, 0.1) is 5.92 Å². The van der Waals surface area contributed by atoms with Crippen LogP contribution in [0.5, 0.6) is 17.2 Å². The highest BCUT2D eigenvalue weighted by molar-refractivity contribution is 6.26. The Labute approximate surface area is 181 Å². The summed E-state index contributed by atoms with van der Waals surface area (Å²) in [7, 11) is 2.91. The lowest BCUT2D eigenvalue weighted by Crippen LogP contribution is -2.15. The molecule has 0 N–H and O–H groups in total. The van der Waals surface area contributed by atoms with Crippen LogP contribution in [0.2, 0.25) is 0 Å². The highest BCUT2D eigenvalue weighted by Crippen LogP contribution is 2.38. The summed E-state index contributed by atoms with van der Waals surface area (Å²) in [6, 6.07) is 12.2. The minimum Gasteiger partial charge on any atom is -0.497 e. The third-order valence-electron chi connectivity index (χ3n) is 5.95. The van der Waals surface area contributed by atoms with Crippen molar-refractivity contribution in [3.63, 3.8) is 0 Å². The van der Waals surface area contributed by atoms with E-state index in [1.807, 2.05) is 0 Å². The Bertz CT molecular complexity index is 999. The van der Waals surface area contributed by atoms with Gasteiger partial charge in [0.05, 0.1) is 19.8 Å². The van der Waals surface area contributed by atoms with Crippen LogP contribution in [-0.2, 0) is 9.53 Å². The van der Waals surface area contributed by atoms with E-state index in [0.717, 1.165) is 25.7 Å². The van der Waals surface area contributed by atoms with Gasteiger partial charge in [0.15, 0.2) is 17.3 Å². The van der Waals surface area contributed by atoms with Gasteiger partial charge in [-0.05, 0) is 54.3 Å². The second-order valence-electron chi connectivity index (χ2n) is 7.83. The Morgan fingerprint density at radius 2 is 1.61 bits per heavy atom. The average molecular weight is 422 g/mol. The highest BCUT2D eigenvalue weighted by Gasteiger charge is 2.29. The van der Waals surface area contributed by atoms with Crippen molar-refractivity contribution in [1.82, 2.24) is 0 Å². The van der Waals surface area contributed by atoms with Crippen molar-refractivity contribution >= 4 is 17.3 Å². The fraction of sp³-hybridized carbons (Fsp3) is 0.360. The molecule has 0 bridgehead atoms. The lowest BCUT2D eigenvalue weighted by atomic mass is 9.86. The van der Waals surface area contributed by atoms with Crippen molar-refractivity contribution in [1.29, 1.82) is 0 Å². The van der Waals surface area contributed by atoms with Gasteiger partial charge in [0, 0.05) is 11.1 Å². The van der Waals surface area contributed by atoms with Crippen molar-refractivity contribution < 1.29 is 28.5 Å². The Kier molecular flexibility index (Phi) is 6.26. The molecule has 2 aromatic rings. The largest absolute Gasteiger partial charge is 0.497 e. The van der Waals surface area contributed by atoms with E-state index in [1.165, 1.54) is 7.11 Å². The van der Waals surface area contributed by atoms with E-state index < -0.39 is 5.97 Å². The van der Waals surface area contributed by atoms with Gasteiger partial charge in [-0.15, -0.1) is 0 Å². The van der Waals surface area contributed by atoms with Crippen molar-refractivity contribution in [3.8, 4) is 17.2 Å². The fourth-order valence-corrected chi connectivity index (χ4v) is 4.30. The zero-order valence-corrected chi connectivity index (χ0v) is 17.8. The van der Waals surface area contributed by atoms with Gasteiger partial charge in [-0.2, -0.15) is 0 Å². The fourth-order valence-electron chi connectivity index (χ4n) is 4.30. The number of rotatable bonds is 7. The third-order valence-corrected chi connectivity index (χ3v) is 5.95. The molecular weight excluding hydrogens is 396 g/mol. The van der Waals surface area contributed by atoms with Gasteiger partial charge in [-0.25, -0.2) is 4.79 Å². The Hall–Kier alpha value is -3.28. The summed E-state index contributed by atoms with van der Waals surface area (Å²) < 4.78 is 21.2. The highest BCUT2D eigenvalue weighted by atomic mass is 16.7. The molecule has 6 heteroatoms. The summed E-state index contributed by atoms with van der Waals surface area (Å²) in [5, 5.41) is 0. The summed E-state index contributed by atoms with van der Waals surface area (Å²) in [6.45, 7) is 0.135. The first kappa shape index (κ1) is 21.0. The first-order valence-corrected chi connectivity index (χ1v) is 10.5. The number of ether oxygens (including phenoxy) is 4. The summed E-state index contributed by atoms with van der Waals surface area (Å²) in [6.07, 6.45) is 4.92. The van der Waals surface area contributed by atoms with Crippen LogP contribution < -0.4 is 14.2 Å². The number of hydrogen-bond donors (Lipinski definition) is 0. The van der Waals surface area contributed by atoms with Crippen LogP contribution in [0.1, 0.15) is 48.0 Å². The number of ketones is 1. The Balaban J connectivity index is 1.82.